The summed E-state index contributed by atoms with van der Waals surface area (Å²) in [6, 6.07) is 10.5. The third-order valence-corrected chi connectivity index (χ3v) is 5.97. The van der Waals surface area contributed by atoms with E-state index in [9.17, 15) is 27.9 Å². The van der Waals surface area contributed by atoms with Crippen molar-refractivity contribution in [2.24, 2.45) is 7.05 Å². The molecular formula is C23H20F3N5O5S. The van der Waals surface area contributed by atoms with Crippen molar-refractivity contribution < 1.29 is 41.8 Å². The maximum absolute atomic E-state index is 13.4. The first-order chi connectivity index (χ1) is 17.4. The van der Waals surface area contributed by atoms with Crippen LogP contribution >= 0.6 is 12.2 Å². The van der Waals surface area contributed by atoms with Crippen molar-refractivity contribution in [3.05, 3.63) is 59.8 Å². The summed E-state index contributed by atoms with van der Waals surface area (Å²) >= 11 is 5.56. The topological polar surface area (TPSA) is 115 Å². The Hall–Kier alpha value is -4.20. The highest BCUT2D eigenvalue weighted by molar-refractivity contribution is 7.80. The highest BCUT2D eigenvalue weighted by Crippen LogP contribution is 2.30. The van der Waals surface area contributed by atoms with Gasteiger partial charge in [-0.25, -0.2) is 0 Å². The predicted octanol–water partition coefficient (Wildman–Crippen LogP) is 2.31. The lowest BCUT2D eigenvalue weighted by atomic mass is 10.1. The Balaban J connectivity index is 1.55. The number of hydrogen-bond acceptors (Lipinski definition) is 7. The number of thiocarbonyl (C=S) groups is 1. The minimum absolute atomic E-state index is 0.0842. The number of halogens is 3. The summed E-state index contributed by atoms with van der Waals surface area (Å²) < 4.78 is 46.8. The molecule has 37 heavy (non-hydrogen) atoms. The number of nitrogens with one attached hydrogen (secondary N) is 1. The van der Waals surface area contributed by atoms with Crippen molar-refractivity contribution in [2.75, 3.05) is 10.2 Å². The Labute approximate surface area is 213 Å². The molecule has 0 saturated carbocycles. The number of carbonyl (C=O) groups excluding carboxylic acids is 2. The summed E-state index contributed by atoms with van der Waals surface area (Å²) in [5.41, 5.74) is 1.77. The van der Waals surface area contributed by atoms with Gasteiger partial charge in [-0.15, -0.1) is 13.2 Å². The maximum Gasteiger partial charge on any atom is 0.573 e. The van der Waals surface area contributed by atoms with E-state index < -0.39 is 35.9 Å². The molecule has 1 atom stereocenters. The number of rotatable bonds is 7. The molecule has 194 valence electrons. The van der Waals surface area contributed by atoms with Crippen LogP contribution in [0.2, 0.25) is 0 Å². The Morgan fingerprint density at radius 2 is 1.86 bits per heavy atom. The van der Waals surface area contributed by atoms with Gasteiger partial charge in [0.25, 0.3) is 11.6 Å². The molecule has 3 aromatic rings. The standard InChI is InChI=1S/C23H20F3N5O5S/c1-13-3-7-15(8-4-13)31-20(33)17(30(22(31)37)12-18-21(34)36-28-29(18)2)11-19(32)27-14-5-9-16(10-6-14)35-23(24,25)26/h3-10,17H,11-12H2,1-2H3,(H-,27,28,32,34). The van der Waals surface area contributed by atoms with Crippen LogP contribution in [0.25, 0.3) is 0 Å². The lowest BCUT2D eigenvalue weighted by Crippen LogP contribution is -2.42. The van der Waals surface area contributed by atoms with Crippen molar-refractivity contribution in [2.45, 2.75) is 32.3 Å². The minimum atomic E-state index is -4.84. The predicted molar refractivity (Wildman–Crippen MR) is 124 cm³/mol. The van der Waals surface area contributed by atoms with E-state index in [1.165, 1.54) is 33.7 Å². The SMILES string of the molecule is Cc1ccc(N2C(=O)C(CC(=O)Nc3ccc(OC(F)(F)F)cc3)N(Cc3c([O-])on[n+]3C)C2=S)cc1. The molecule has 1 N–H and O–H groups in total. The summed E-state index contributed by atoms with van der Waals surface area (Å²) in [7, 11) is 1.49. The highest BCUT2D eigenvalue weighted by atomic mass is 32.1. The number of benzene rings is 2. The number of aryl methyl sites for hydroxylation is 2. The molecule has 0 radical (unpaired) electrons. The van der Waals surface area contributed by atoms with Crippen molar-refractivity contribution in [1.82, 2.24) is 10.2 Å². The van der Waals surface area contributed by atoms with Crippen LogP contribution in [-0.2, 0) is 23.2 Å². The molecule has 1 aliphatic heterocycles. The van der Waals surface area contributed by atoms with Crippen molar-refractivity contribution in [3.8, 4) is 11.7 Å². The zero-order valence-electron chi connectivity index (χ0n) is 19.5. The summed E-state index contributed by atoms with van der Waals surface area (Å²) in [6.07, 6.45) is -5.20. The zero-order chi connectivity index (χ0) is 26.9. The van der Waals surface area contributed by atoms with E-state index in [2.05, 4.69) is 19.8 Å². The highest BCUT2D eigenvalue weighted by Gasteiger charge is 2.45. The van der Waals surface area contributed by atoms with Crippen LogP contribution in [0, 0.1) is 6.92 Å². The van der Waals surface area contributed by atoms with E-state index in [1.54, 1.807) is 24.3 Å². The number of amides is 2. The number of aromatic nitrogens is 2. The lowest BCUT2D eigenvalue weighted by Gasteiger charge is -2.22. The summed E-state index contributed by atoms with van der Waals surface area (Å²) in [5, 5.41) is 18.3. The second kappa shape index (κ2) is 10.0. The molecule has 10 nitrogen and oxygen atoms in total. The second-order valence-corrected chi connectivity index (χ2v) is 8.56. The van der Waals surface area contributed by atoms with Gasteiger partial charge in [0.15, 0.2) is 18.1 Å². The molecule has 1 fully saturated rings. The normalized spacial score (nSPS) is 15.9. The Morgan fingerprint density at radius 3 is 2.43 bits per heavy atom. The van der Waals surface area contributed by atoms with Gasteiger partial charge < -0.3 is 24.6 Å². The first kappa shape index (κ1) is 25.9. The molecule has 0 bridgehead atoms. The van der Waals surface area contributed by atoms with Crippen LogP contribution in [0.3, 0.4) is 0 Å². The molecule has 2 heterocycles. The van der Waals surface area contributed by atoms with Gasteiger partial charge in [-0.05, 0) is 55.5 Å². The summed E-state index contributed by atoms with van der Waals surface area (Å²) in [5.74, 6) is -2.24. The van der Waals surface area contributed by atoms with Gasteiger partial charge in [-0.3, -0.25) is 14.5 Å². The fourth-order valence-electron chi connectivity index (χ4n) is 3.73. The molecule has 14 heteroatoms. The molecule has 1 aliphatic rings. The lowest BCUT2D eigenvalue weighted by molar-refractivity contribution is -0.746. The molecule has 4 rings (SSSR count). The Morgan fingerprint density at radius 1 is 1.22 bits per heavy atom. The first-order valence-electron chi connectivity index (χ1n) is 10.8. The van der Waals surface area contributed by atoms with Crippen LogP contribution < -0.4 is 24.7 Å². The number of anilines is 2. The maximum atomic E-state index is 13.4. The molecule has 0 aliphatic carbocycles. The number of nitrogens with zero attached hydrogens (tertiary/aromatic N) is 4. The van der Waals surface area contributed by atoms with Crippen molar-refractivity contribution >= 4 is 40.5 Å². The van der Waals surface area contributed by atoms with Gasteiger partial charge in [0.05, 0.1) is 17.4 Å². The van der Waals surface area contributed by atoms with E-state index in [0.717, 1.165) is 17.7 Å². The van der Waals surface area contributed by atoms with Crippen LogP contribution in [0.1, 0.15) is 17.7 Å². The van der Waals surface area contributed by atoms with Gasteiger partial charge in [-0.2, -0.15) is 0 Å². The van der Waals surface area contributed by atoms with Crippen LogP contribution in [-0.4, -0.2) is 39.5 Å². The Kier molecular flexibility index (Phi) is 7.03. The molecule has 1 saturated heterocycles. The first-order valence-corrected chi connectivity index (χ1v) is 11.2. The average Bonchev–Trinajstić information content (AvgIpc) is 3.25. The zero-order valence-corrected chi connectivity index (χ0v) is 20.3. The quantitative estimate of drug-likeness (QED) is 0.362. The van der Waals surface area contributed by atoms with Crippen LogP contribution in [0.15, 0.2) is 53.1 Å². The van der Waals surface area contributed by atoms with Gasteiger partial charge in [-0.1, -0.05) is 22.4 Å². The van der Waals surface area contributed by atoms with Gasteiger partial charge in [0.1, 0.15) is 18.3 Å². The number of alkyl halides is 3. The number of ether oxygens (including phenoxy) is 1. The molecular weight excluding hydrogens is 515 g/mol. The number of hydrogen-bond donors (Lipinski definition) is 1. The third kappa shape index (κ3) is 5.80. The Bertz CT molecular complexity index is 1310. The number of carbonyl (C=O) groups is 2. The van der Waals surface area contributed by atoms with Crippen molar-refractivity contribution in [3.63, 3.8) is 0 Å². The van der Waals surface area contributed by atoms with E-state index >= 15 is 0 Å². The van der Waals surface area contributed by atoms with E-state index in [4.69, 9.17) is 12.2 Å². The average molecular weight is 536 g/mol. The van der Waals surface area contributed by atoms with Gasteiger partial charge in [0.2, 0.25) is 5.91 Å². The molecule has 2 amide bonds. The van der Waals surface area contributed by atoms with Crippen molar-refractivity contribution in [1.29, 1.82) is 0 Å². The van der Waals surface area contributed by atoms with Gasteiger partial charge >= 0.3 is 6.36 Å². The molecule has 1 aromatic heterocycles. The fraction of sp³-hybridized carbons (Fsp3) is 0.261. The van der Waals surface area contributed by atoms with E-state index in [-0.39, 0.29) is 29.5 Å². The fourth-order valence-corrected chi connectivity index (χ4v) is 4.12. The second-order valence-electron chi connectivity index (χ2n) is 8.19. The largest absolute Gasteiger partial charge is 0.573 e. The smallest absolute Gasteiger partial charge is 0.539 e. The molecule has 2 aromatic carbocycles. The minimum Gasteiger partial charge on any atom is -0.539 e. The van der Waals surface area contributed by atoms with Crippen LogP contribution in [0.4, 0.5) is 24.5 Å². The van der Waals surface area contributed by atoms with E-state index in [1.807, 2.05) is 6.92 Å². The monoisotopic (exact) mass is 535 g/mol. The third-order valence-electron chi connectivity index (χ3n) is 5.55. The van der Waals surface area contributed by atoms with E-state index in [0.29, 0.717) is 5.69 Å². The molecule has 1 unspecified atom stereocenters. The van der Waals surface area contributed by atoms with Crippen LogP contribution in [0.5, 0.6) is 11.7 Å². The summed E-state index contributed by atoms with van der Waals surface area (Å²) in [4.78, 5) is 29.0. The summed E-state index contributed by atoms with van der Waals surface area (Å²) in [6.45, 7) is 1.74. The van der Waals surface area contributed by atoms with Gasteiger partial charge in [0, 0.05) is 5.69 Å². The molecule has 0 spiro atoms.